The Morgan fingerprint density at radius 1 is 1.53 bits per heavy atom. The van der Waals surface area contributed by atoms with Crippen LogP contribution in [0.5, 0.6) is 0 Å². The molecule has 0 amide bonds. The zero-order valence-electron chi connectivity index (χ0n) is 9.57. The molecule has 1 aromatic rings. The first-order valence-corrected chi connectivity index (χ1v) is 8.42. The summed E-state index contributed by atoms with van der Waals surface area (Å²) >= 11 is 7.53. The van der Waals surface area contributed by atoms with Crippen LogP contribution in [-0.2, 0) is 0 Å². The Hall–Kier alpha value is -0.140. The van der Waals surface area contributed by atoms with Crippen LogP contribution in [0.25, 0.3) is 0 Å². The lowest BCUT2D eigenvalue weighted by molar-refractivity contribution is 0.984. The molecule has 0 radical (unpaired) electrons. The van der Waals surface area contributed by atoms with Gasteiger partial charge in [0.15, 0.2) is 0 Å². The monoisotopic (exact) mass is 334 g/mol. The van der Waals surface area contributed by atoms with Crippen LogP contribution in [0.15, 0.2) is 10.7 Å². The second-order valence-corrected chi connectivity index (χ2v) is 7.00. The zero-order chi connectivity index (χ0) is 12.1. The van der Waals surface area contributed by atoms with Crippen molar-refractivity contribution in [2.24, 2.45) is 0 Å². The predicted octanol–water partition coefficient (Wildman–Crippen LogP) is 2.54. The van der Waals surface area contributed by atoms with Gasteiger partial charge < -0.3 is 10.6 Å². The average Bonchev–Trinajstić information content (AvgIpc) is 2.39. The minimum absolute atomic E-state index is 0.640. The van der Waals surface area contributed by atoms with Gasteiger partial charge in [0.1, 0.15) is 5.82 Å². The molecule has 1 unspecified atom stereocenters. The number of halogens is 1. The van der Waals surface area contributed by atoms with Gasteiger partial charge in [0.25, 0.3) is 0 Å². The van der Waals surface area contributed by atoms with Crippen molar-refractivity contribution in [2.75, 3.05) is 41.5 Å². The third-order valence-electron chi connectivity index (χ3n) is 2.35. The molecule has 2 rings (SSSR count). The predicted molar refractivity (Wildman–Crippen MR) is 81.3 cm³/mol. The standard InChI is InChI=1S/C10H15BrN4S2/c1-12-10-14-5-8(11)9(15-10)13-4-7-6-16-2-3-17-7/h5,7H,2-4,6H2,1H3,(H2,12,13,14,15). The number of hydrogen-bond donors (Lipinski definition) is 2. The lowest BCUT2D eigenvalue weighted by atomic mass is 10.4. The van der Waals surface area contributed by atoms with E-state index >= 15 is 0 Å². The van der Waals surface area contributed by atoms with E-state index in [1.165, 1.54) is 17.3 Å². The van der Waals surface area contributed by atoms with Crippen LogP contribution in [0.4, 0.5) is 11.8 Å². The molecule has 0 spiro atoms. The number of rotatable bonds is 4. The SMILES string of the molecule is CNc1ncc(Br)c(NCC2CSCCS2)n1. The lowest BCUT2D eigenvalue weighted by Gasteiger charge is -2.21. The van der Waals surface area contributed by atoms with Crippen molar-refractivity contribution in [2.45, 2.75) is 5.25 Å². The summed E-state index contributed by atoms with van der Waals surface area (Å²) in [6.07, 6.45) is 1.77. The third kappa shape index (κ3) is 3.93. The molecular weight excluding hydrogens is 320 g/mol. The molecule has 2 heterocycles. The second-order valence-electron chi connectivity index (χ2n) is 3.59. The van der Waals surface area contributed by atoms with E-state index in [1.54, 1.807) is 6.20 Å². The summed E-state index contributed by atoms with van der Waals surface area (Å²) in [7, 11) is 1.82. The van der Waals surface area contributed by atoms with E-state index in [-0.39, 0.29) is 0 Å². The largest absolute Gasteiger partial charge is 0.368 e. The van der Waals surface area contributed by atoms with Crippen LogP contribution in [-0.4, -0.2) is 46.1 Å². The van der Waals surface area contributed by atoms with E-state index in [0.29, 0.717) is 11.2 Å². The van der Waals surface area contributed by atoms with Crippen LogP contribution >= 0.6 is 39.5 Å². The van der Waals surface area contributed by atoms with Gasteiger partial charge in [0, 0.05) is 42.3 Å². The van der Waals surface area contributed by atoms with Crippen molar-refractivity contribution in [3.05, 3.63) is 10.7 Å². The fourth-order valence-corrected chi connectivity index (χ4v) is 4.42. The molecule has 1 aliphatic heterocycles. The fourth-order valence-electron chi connectivity index (χ4n) is 1.48. The van der Waals surface area contributed by atoms with Gasteiger partial charge in [0.2, 0.25) is 5.95 Å². The summed E-state index contributed by atoms with van der Waals surface area (Å²) in [6.45, 7) is 0.955. The van der Waals surface area contributed by atoms with E-state index in [9.17, 15) is 0 Å². The molecule has 0 aromatic carbocycles. The third-order valence-corrected chi connectivity index (χ3v) is 5.78. The van der Waals surface area contributed by atoms with E-state index in [1.807, 2.05) is 30.6 Å². The Morgan fingerprint density at radius 3 is 3.12 bits per heavy atom. The average molecular weight is 335 g/mol. The Labute approximate surface area is 118 Å². The van der Waals surface area contributed by atoms with Crippen LogP contribution in [0, 0.1) is 0 Å². The summed E-state index contributed by atoms with van der Waals surface area (Å²) in [6, 6.07) is 0. The fraction of sp³-hybridized carbons (Fsp3) is 0.600. The maximum absolute atomic E-state index is 4.38. The van der Waals surface area contributed by atoms with Gasteiger partial charge in [-0.2, -0.15) is 28.5 Å². The molecular formula is C10H15BrN4S2. The molecule has 1 aromatic heterocycles. The lowest BCUT2D eigenvalue weighted by Crippen LogP contribution is -2.23. The Balaban J connectivity index is 1.92. The van der Waals surface area contributed by atoms with E-state index in [2.05, 4.69) is 36.5 Å². The Kier molecular flexibility index (Phi) is 5.24. The molecule has 2 N–H and O–H groups in total. The smallest absolute Gasteiger partial charge is 0.224 e. The van der Waals surface area contributed by atoms with Crippen molar-refractivity contribution in [3.63, 3.8) is 0 Å². The van der Waals surface area contributed by atoms with Crippen LogP contribution in [0.2, 0.25) is 0 Å². The molecule has 4 nitrogen and oxygen atoms in total. The van der Waals surface area contributed by atoms with E-state index in [4.69, 9.17) is 0 Å². The highest BCUT2D eigenvalue weighted by Gasteiger charge is 2.14. The molecule has 0 saturated carbocycles. The number of aromatic nitrogens is 2. The van der Waals surface area contributed by atoms with Crippen molar-refractivity contribution < 1.29 is 0 Å². The first-order chi connectivity index (χ1) is 8.29. The van der Waals surface area contributed by atoms with Gasteiger partial charge in [0.05, 0.1) is 4.47 Å². The second kappa shape index (κ2) is 6.70. The van der Waals surface area contributed by atoms with E-state index in [0.717, 1.165) is 16.8 Å². The molecule has 0 aliphatic carbocycles. The first-order valence-electron chi connectivity index (χ1n) is 5.43. The zero-order valence-corrected chi connectivity index (χ0v) is 12.8. The summed E-state index contributed by atoms with van der Waals surface area (Å²) in [4.78, 5) is 8.51. The highest BCUT2D eigenvalue weighted by molar-refractivity contribution is 9.10. The van der Waals surface area contributed by atoms with Gasteiger partial charge in [-0.15, -0.1) is 0 Å². The summed E-state index contributed by atoms with van der Waals surface area (Å²) in [5, 5.41) is 7.00. The minimum Gasteiger partial charge on any atom is -0.368 e. The van der Waals surface area contributed by atoms with Gasteiger partial charge >= 0.3 is 0 Å². The maximum atomic E-state index is 4.38. The van der Waals surface area contributed by atoms with Gasteiger partial charge in [-0.05, 0) is 15.9 Å². The number of thioether (sulfide) groups is 2. The van der Waals surface area contributed by atoms with Crippen LogP contribution in [0.1, 0.15) is 0 Å². The van der Waals surface area contributed by atoms with Gasteiger partial charge in [-0.25, -0.2) is 4.98 Å². The minimum atomic E-state index is 0.640. The number of hydrogen-bond acceptors (Lipinski definition) is 6. The number of anilines is 2. The van der Waals surface area contributed by atoms with E-state index < -0.39 is 0 Å². The van der Waals surface area contributed by atoms with Crippen LogP contribution in [0.3, 0.4) is 0 Å². The molecule has 1 atom stereocenters. The summed E-state index contributed by atoms with van der Waals surface area (Å²) in [5.74, 6) is 5.26. The van der Waals surface area contributed by atoms with Crippen molar-refractivity contribution in [1.82, 2.24) is 9.97 Å². The molecule has 17 heavy (non-hydrogen) atoms. The topological polar surface area (TPSA) is 49.8 Å². The van der Waals surface area contributed by atoms with Crippen LogP contribution < -0.4 is 10.6 Å². The number of nitrogens with one attached hydrogen (secondary N) is 2. The summed E-state index contributed by atoms with van der Waals surface area (Å²) < 4.78 is 0.907. The first kappa shape index (κ1) is 13.3. The number of nitrogens with zero attached hydrogens (tertiary/aromatic N) is 2. The molecule has 7 heteroatoms. The normalized spacial score (nSPS) is 20.0. The van der Waals surface area contributed by atoms with Crippen molar-refractivity contribution >= 4 is 51.2 Å². The molecule has 1 saturated heterocycles. The molecule has 1 aliphatic rings. The van der Waals surface area contributed by atoms with Crippen molar-refractivity contribution in [1.29, 1.82) is 0 Å². The maximum Gasteiger partial charge on any atom is 0.224 e. The molecule has 1 fully saturated rings. The summed E-state index contributed by atoms with van der Waals surface area (Å²) in [5.41, 5.74) is 0. The van der Waals surface area contributed by atoms with Gasteiger partial charge in [-0.3, -0.25) is 0 Å². The molecule has 0 bridgehead atoms. The molecule has 94 valence electrons. The highest BCUT2D eigenvalue weighted by atomic mass is 79.9. The Morgan fingerprint density at radius 2 is 2.41 bits per heavy atom. The van der Waals surface area contributed by atoms with Gasteiger partial charge in [-0.1, -0.05) is 0 Å². The Bertz CT molecular complexity index is 371. The quantitative estimate of drug-likeness (QED) is 0.882. The van der Waals surface area contributed by atoms with Crippen molar-refractivity contribution in [3.8, 4) is 0 Å². The highest BCUT2D eigenvalue weighted by Crippen LogP contribution is 2.25.